The Labute approximate surface area is 112 Å². The number of rotatable bonds is 6. The molecule has 0 spiro atoms. The van der Waals surface area contributed by atoms with Gasteiger partial charge < -0.3 is 15.0 Å². The third kappa shape index (κ3) is 3.96. The van der Waals surface area contributed by atoms with Gasteiger partial charge in [0.15, 0.2) is 5.82 Å². The largest absolute Gasteiger partial charge is 0.378 e. The summed E-state index contributed by atoms with van der Waals surface area (Å²) in [7, 11) is 0. The molecule has 0 amide bonds. The molecule has 0 aromatic carbocycles. The standard InChI is InChI=1S/C12H21N3O2S/c1-18-7-5-10(13)12-14-11(15-17-12)8-9-4-2-3-6-16-9/h9-10H,2-8,13H2,1H3. The van der Waals surface area contributed by atoms with E-state index in [1.165, 1.54) is 6.42 Å². The molecule has 18 heavy (non-hydrogen) atoms. The van der Waals surface area contributed by atoms with E-state index in [0.717, 1.165) is 43.9 Å². The summed E-state index contributed by atoms with van der Waals surface area (Å²) in [5.41, 5.74) is 5.99. The molecular weight excluding hydrogens is 250 g/mol. The van der Waals surface area contributed by atoms with Gasteiger partial charge in [-0.1, -0.05) is 5.16 Å². The summed E-state index contributed by atoms with van der Waals surface area (Å²) in [6.07, 6.45) is 7.37. The number of nitrogens with zero attached hydrogens (tertiary/aromatic N) is 2. The van der Waals surface area contributed by atoms with Gasteiger partial charge in [0.1, 0.15) is 0 Å². The van der Waals surface area contributed by atoms with Gasteiger partial charge in [0.05, 0.1) is 12.1 Å². The van der Waals surface area contributed by atoms with Crippen molar-refractivity contribution >= 4 is 11.8 Å². The maximum absolute atomic E-state index is 5.99. The highest BCUT2D eigenvalue weighted by molar-refractivity contribution is 7.98. The summed E-state index contributed by atoms with van der Waals surface area (Å²) < 4.78 is 10.9. The number of thioether (sulfide) groups is 1. The van der Waals surface area contributed by atoms with Crippen molar-refractivity contribution in [2.75, 3.05) is 18.6 Å². The smallest absolute Gasteiger partial charge is 0.243 e. The van der Waals surface area contributed by atoms with Crippen LogP contribution in [0.25, 0.3) is 0 Å². The summed E-state index contributed by atoms with van der Waals surface area (Å²) in [4.78, 5) is 4.37. The van der Waals surface area contributed by atoms with Gasteiger partial charge in [0.2, 0.25) is 5.89 Å². The topological polar surface area (TPSA) is 74.2 Å². The first-order valence-corrected chi connectivity index (χ1v) is 7.87. The van der Waals surface area contributed by atoms with Crippen LogP contribution in [0.2, 0.25) is 0 Å². The molecule has 0 aliphatic carbocycles. The summed E-state index contributed by atoms with van der Waals surface area (Å²) in [5.74, 6) is 2.27. The highest BCUT2D eigenvalue weighted by Gasteiger charge is 2.19. The van der Waals surface area contributed by atoms with Crippen molar-refractivity contribution in [1.82, 2.24) is 10.1 Å². The molecule has 0 radical (unpaired) electrons. The molecule has 1 aromatic rings. The SMILES string of the molecule is CSCCC(N)c1nc(CC2CCCCO2)no1. The fourth-order valence-corrected chi connectivity index (χ4v) is 2.53. The van der Waals surface area contributed by atoms with Crippen LogP contribution in [0.1, 0.15) is 43.4 Å². The Morgan fingerprint density at radius 2 is 2.39 bits per heavy atom. The number of aromatic nitrogens is 2. The molecule has 1 fully saturated rings. The first kappa shape index (κ1) is 13.8. The van der Waals surface area contributed by atoms with E-state index in [4.69, 9.17) is 15.0 Å². The Morgan fingerprint density at radius 3 is 3.11 bits per heavy atom. The maximum Gasteiger partial charge on any atom is 0.243 e. The van der Waals surface area contributed by atoms with Crippen molar-refractivity contribution in [3.63, 3.8) is 0 Å². The number of hydrogen-bond acceptors (Lipinski definition) is 6. The van der Waals surface area contributed by atoms with Gasteiger partial charge in [-0.15, -0.1) is 0 Å². The van der Waals surface area contributed by atoms with Crippen LogP contribution >= 0.6 is 11.8 Å². The molecule has 1 aliphatic rings. The van der Waals surface area contributed by atoms with E-state index in [1.807, 2.05) is 0 Å². The summed E-state index contributed by atoms with van der Waals surface area (Å²) in [6.45, 7) is 0.850. The second-order valence-corrected chi connectivity index (χ2v) is 5.62. The van der Waals surface area contributed by atoms with Crippen LogP contribution in [-0.2, 0) is 11.2 Å². The van der Waals surface area contributed by atoms with Crippen molar-refractivity contribution < 1.29 is 9.26 Å². The lowest BCUT2D eigenvalue weighted by Gasteiger charge is -2.20. The van der Waals surface area contributed by atoms with Gasteiger partial charge in [-0.2, -0.15) is 16.7 Å². The maximum atomic E-state index is 5.99. The van der Waals surface area contributed by atoms with Gasteiger partial charge in [0.25, 0.3) is 0 Å². The minimum Gasteiger partial charge on any atom is -0.378 e. The fourth-order valence-electron chi connectivity index (χ4n) is 2.04. The van der Waals surface area contributed by atoms with Crippen molar-refractivity contribution in [2.45, 2.75) is 44.2 Å². The van der Waals surface area contributed by atoms with E-state index >= 15 is 0 Å². The van der Waals surface area contributed by atoms with Crippen LogP contribution in [0.3, 0.4) is 0 Å². The Bertz CT molecular complexity index is 353. The normalized spacial score (nSPS) is 22.0. The van der Waals surface area contributed by atoms with Crippen molar-refractivity contribution in [3.05, 3.63) is 11.7 Å². The van der Waals surface area contributed by atoms with Crippen LogP contribution in [0.5, 0.6) is 0 Å². The molecule has 6 heteroatoms. The van der Waals surface area contributed by atoms with E-state index < -0.39 is 0 Å². The fraction of sp³-hybridized carbons (Fsp3) is 0.833. The second kappa shape index (κ2) is 7.11. The van der Waals surface area contributed by atoms with E-state index in [-0.39, 0.29) is 12.1 Å². The molecule has 2 rings (SSSR count). The third-order valence-corrected chi connectivity index (χ3v) is 3.76. The zero-order valence-corrected chi connectivity index (χ0v) is 11.6. The predicted molar refractivity (Wildman–Crippen MR) is 71.5 cm³/mol. The van der Waals surface area contributed by atoms with Crippen LogP contribution in [0.4, 0.5) is 0 Å². The zero-order valence-electron chi connectivity index (χ0n) is 10.8. The molecule has 2 N–H and O–H groups in total. The lowest BCUT2D eigenvalue weighted by Crippen LogP contribution is -2.22. The molecule has 5 nitrogen and oxygen atoms in total. The van der Waals surface area contributed by atoms with Crippen LogP contribution in [0.15, 0.2) is 4.52 Å². The van der Waals surface area contributed by atoms with E-state index in [2.05, 4.69) is 16.4 Å². The molecule has 1 aliphatic heterocycles. The molecular formula is C12H21N3O2S. The summed E-state index contributed by atoms with van der Waals surface area (Å²) >= 11 is 1.77. The molecule has 0 bridgehead atoms. The molecule has 0 saturated carbocycles. The number of ether oxygens (including phenoxy) is 1. The van der Waals surface area contributed by atoms with Crippen LogP contribution in [0, 0.1) is 0 Å². The second-order valence-electron chi connectivity index (χ2n) is 4.63. The van der Waals surface area contributed by atoms with Gasteiger partial charge in [0, 0.05) is 13.0 Å². The van der Waals surface area contributed by atoms with Gasteiger partial charge in [-0.05, 0) is 37.7 Å². The summed E-state index contributed by atoms with van der Waals surface area (Å²) in [5, 5.41) is 3.99. The molecule has 1 saturated heterocycles. The Kier molecular flexibility index (Phi) is 5.46. The lowest BCUT2D eigenvalue weighted by atomic mass is 10.1. The van der Waals surface area contributed by atoms with Gasteiger partial charge >= 0.3 is 0 Å². The quantitative estimate of drug-likeness (QED) is 0.852. The van der Waals surface area contributed by atoms with E-state index in [1.54, 1.807) is 11.8 Å². The summed E-state index contributed by atoms with van der Waals surface area (Å²) in [6, 6.07) is -0.147. The molecule has 2 atom stereocenters. The monoisotopic (exact) mass is 271 g/mol. The Hall–Kier alpha value is -0.590. The van der Waals surface area contributed by atoms with Gasteiger partial charge in [-0.25, -0.2) is 0 Å². The molecule has 2 heterocycles. The first-order chi connectivity index (χ1) is 8.79. The first-order valence-electron chi connectivity index (χ1n) is 6.48. The number of nitrogens with two attached hydrogens (primary N) is 1. The molecule has 1 aromatic heterocycles. The minimum absolute atomic E-state index is 0.147. The van der Waals surface area contributed by atoms with Crippen molar-refractivity contribution in [1.29, 1.82) is 0 Å². The highest BCUT2D eigenvalue weighted by atomic mass is 32.2. The average molecular weight is 271 g/mol. The van der Waals surface area contributed by atoms with E-state index in [9.17, 15) is 0 Å². The predicted octanol–water partition coefficient (Wildman–Crippen LogP) is 1.93. The minimum atomic E-state index is -0.147. The average Bonchev–Trinajstić information content (AvgIpc) is 2.86. The van der Waals surface area contributed by atoms with Crippen LogP contribution in [-0.4, -0.2) is 34.9 Å². The van der Waals surface area contributed by atoms with Gasteiger partial charge in [-0.3, -0.25) is 0 Å². The van der Waals surface area contributed by atoms with Crippen molar-refractivity contribution in [2.24, 2.45) is 5.73 Å². The van der Waals surface area contributed by atoms with E-state index in [0.29, 0.717) is 5.89 Å². The number of hydrogen-bond donors (Lipinski definition) is 1. The lowest BCUT2D eigenvalue weighted by molar-refractivity contribution is 0.0153. The highest BCUT2D eigenvalue weighted by Crippen LogP contribution is 2.18. The van der Waals surface area contributed by atoms with Crippen molar-refractivity contribution in [3.8, 4) is 0 Å². The van der Waals surface area contributed by atoms with Crippen LogP contribution < -0.4 is 5.73 Å². The Balaban J connectivity index is 1.84. The zero-order chi connectivity index (χ0) is 12.8. The molecule has 102 valence electrons. The third-order valence-electron chi connectivity index (χ3n) is 3.12. The Morgan fingerprint density at radius 1 is 1.50 bits per heavy atom. The molecule has 2 unspecified atom stereocenters.